The quantitative estimate of drug-likeness (QED) is 0.599. The van der Waals surface area contributed by atoms with E-state index in [1.54, 1.807) is 6.08 Å². The third-order valence-corrected chi connectivity index (χ3v) is 4.13. The average Bonchev–Trinajstić information content (AvgIpc) is 2.39. The van der Waals surface area contributed by atoms with Crippen molar-refractivity contribution in [2.45, 2.75) is 25.0 Å². The first-order valence-electron chi connectivity index (χ1n) is 5.78. The lowest BCUT2D eigenvalue weighted by Crippen LogP contribution is -2.39. The van der Waals surface area contributed by atoms with E-state index < -0.39 is 0 Å². The maximum Gasteiger partial charge on any atom is 0.236 e. The minimum absolute atomic E-state index is 0.208. The molecule has 0 saturated carbocycles. The molecule has 1 amide bonds. The second-order valence-electron chi connectivity index (χ2n) is 4.66. The second kappa shape index (κ2) is 6.30. The Balaban J connectivity index is 2.36. The summed E-state index contributed by atoms with van der Waals surface area (Å²) in [6.45, 7) is 11.0. The maximum atomic E-state index is 11.9. The van der Waals surface area contributed by atoms with Crippen LogP contribution < -0.4 is 5.32 Å². The van der Waals surface area contributed by atoms with Crippen LogP contribution in [0.1, 0.15) is 20.3 Å². The fourth-order valence-electron chi connectivity index (χ4n) is 1.66. The van der Waals surface area contributed by atoms with Gasteiger partial charge in [-0.25, -0.2) is 0 Å². The van der Waals surface area contributed by atoms with Gasteiger partial charge in [-0.05, 0) is 6.42 Å². The van der Waals surface area contributed by atoms with E-state index in [0.29, 0.717) is 17.8 Å². The van der Waals surface area contributed by atoms with Gasteiger partial charge in [0.05, 0.1) is 6.54 Å². The van der Waals surface area contributed by atoms with Crippen LogP contribution in [-0.2, 0) is 4.79 Å². The van der Waals surface area contributed by atoms with Crippen molar-refractivity contribution in [2.75, 3.05) is 31.9 Å². The number of thioether (sulfide) groups is 1. The molecule has 0 spiro atoms. The van der Waals surface area contributed by atoms with Crippen LogP contribution in [0.4, 0.5) is 0 Å². The minimum atomic E-state index is 0.208. The molecule has 0 unspecified atom stereocenters. The Morgan fingerprint density at radius 2 is 2.31 bits per heavy atom. The molecule has 1 fully saturated rings. The molecule has 4 heteroatoms. The van der Waals surface area contributed by atoms with Crippen LogP contribution in [0.25, 0.3) is 0 Å². The van der Waals surface area contributed by atoms with Crippen LogP contribution in [0.3, 0.4) is 0 Å². The number of hydrogen-bond donors (Lipinski definition) is 1. The van der Waals surface area contributed by atoms with Crippen molar-refractivity contribution < 1.29 is 4.79 Å². The third kappa shape index (κ3) is 4.58. The van der Waals surface area contributed by atoms with Crippen LogP contribution in [0.2, 0.25) is 0 Å². The molecule has 16 heavy (non-hydrogen) atoms. The summed E-state index contributed by atoms with van der Waals surface area (Å²) in [6, 6.07) is 0. The molecule has 0 aliphatic carbocycles. The summed E-state index contributed by atoms with van der Waals surface area (Å²) < 4.78 is 0.309. The van der Waals surface area contributed by atoms with Gasteiger partial charge in [0.1, 0.15) is 0 Å². The monoisotopic (exact) mass is 242 g/mol. The third-order valence-electron chi connectivity index (χ3n) is 2.76. The zero-order valence-electron chi connectivity index (χ0n) is 10.3. The standard InChI is InChI=1S/C12H22N2OS/c1-4-6-13-10-11(15)14-7-5-12(2,3)16-9-8-14/h4,13H,1,5-10H2,2-3H3. The summed E-state index contributed by atoms with van der Waals surface area (Å²) in [5.41, 5.74) is 0. The number of nitrogens with one attached hydrogen (secondary N) is 1. The number of nitrogens with zero attached hydrogens (tertiary/aromatic N) is 1. The number of amides is 1. The van der Waals surface area contributed by atoms with Gasteiger partial charge in [-0.2, -0.15) is 11.8 Å². The fourth-order valence-corrected chi connectivity index (χ4v) is 2.76. The molecule has 0 radical (unpaired) electrons. The lowest BCUT2D eigenvalue weighted by atomic mass is 10.1. The highest BCUT2D eigenvalue weighted by molar-refractivity contribution is 8.00. The number of rotatable bonds is 4. The van der Waals surface area contributed by atoms with E-state index in [-0.39, 0.29) is 5.91 Å². The first-order chi connectivity index (χ1) is 7.55. The van der Waals surface area contributed by atoms with Gasteiger partial charge in [0.2, 0.25) is 5.91 Å². The summed E-state index contributed by atoms with van der Waals surface area (Å²) in [4.78, 5) is 13.8. The van der Waals surface area contributed by atoms with Gasteiger partial charge in [0.15, 0.2) is 0 Å². The molecular weight excluding hydrogens is 220 g/mol. The molecule has 3 nitrogen and oxygen atoms in total. The molecule has 1 saturated heterocycles. The summed E-state index contributed by atoms with van der Waals surface area (Å²) in [5, 5.41) is 3.06. The molecule has 0 bridgehead atoms. The lowest BCUT2D eigenvalue weighted by Gasteiger charge is -2.22. The molecule has 1 aliphatic rings. The van der Waals surface area contributed by atoms with E-state index in [2.05, 4.69) is 25.7 Å². The van der Waals surface area contributed by atoms with Crippen molar-refractivity contribution in [3.8, 4) is 0 Å². The van der Waals surface area contributed by atoms with Gasteiger partial charge in [-0.15, -0.1) is 6.58 Å². The Hall–Kier alpha value is -0.480. The second-order valence-corrected chi connectivity index (χ2v) is 6.46. The van der Waals surface area contributed by atoms with E-state index in [1.165, 1.54) is 0 Å². The van der Waals surface area contributed by atoms with Gasteiger partial charge in [-0.1, -0.05) is 19.9 Å². The molecule has 1 rings (SSSR count). The topological polar surface area (TPSA) is 32.3 Å². The van der Waals surface area contributed by atoms with Crippen molar-refractivity contribution in [1.82, 2.24) is 10.2 Å². The first kappa shape index (κ1) is 13.6. The summed E-state index contributed by atoms with van der Waals surface area (Å²) in [5.74, 6) is 1.25. The molecule has 0 atom stereocenters. The van der Waals surface area contributed by atoms with E-state index in [4.69, 9.17) is 0 Å². The smallest absolute Gasteiger partial charge is 0.236 e. The average molecular weight is 242 g/mol. The van der Waals surface area contributed by atoms with Crippen LogP contribution >= 0.6 is 11.8 Å². The minimum Gasteiger partial charge on any atom is -0.341 e. The normalized spacial score (nSPS) is 20.2. The van der Waals surface area contributed by atoms with E-state index in [9.17, 15) is 4.79 Å². The lowest BCUT2D eigenvalue weighted by molar-refractivity contribution is -0.130. The maximum absolute atomic E-state index is 11.9. The Morgan fingerprint density at radius 1 is 1.56 bits per heavy atom. The highest BCUT2D eigenvalue weighted by Crippen LogP contribution is 2.30. The molecule has 1 heterocycles. The van der Waals surface area contributed by atoms with Crippen molar-refractivity contribution in [1.29, 1.82) is 0 Å². The zero-order valence-corrected chi connectivity index (χ0v) is 11.1. The Labute approximate surface area is 103 Å². The molecule has 0 aromatic rings. The SMILES string of the molecule is C=CCNCC(=O)N1CCSC(C)(C)CC1. The predicted octanol–water partition coefficient (Wildman–Crippen LogP) is 1.51. The zero-order chi connectivity index (χ0) is 12.0. The fraction of sp³-hybridized carbons (Fsp3) is 0.750. The molecule has 0 aromatic carbocycles. The highest BCUT2D eigenvalue weighted by atomic mass is 32.2. The summed E-state index contributed by atoms with van der Waals surface area (Å²) in [6.07, 6.45) is 2.85. The van der Waals surface area contributed by atoms with Crippen LogP contribution in [0.5, 0.6) is 0 Å². The van der Waals surface area contributed by atoms with Crippen LogP contribution in [0.15, 0.2) is 12.7 Å². The van der Waals surface area contributed by atoms with Crippen molar-refractivity contribution in [2.24, 2.45) is 0 Å². The van der Waals surface area contributed by atoms with E-state index in [0.717, 1.165) is 25.3 Å². The number of carbonyl (C=O) groups excluding carboxylic acids is 1. The molecular formula is C12H22N2OS. The van der Waals surface area contributed by atoms with Crippen molar-refractivity contribution in [3.05, 3.63) is 12.7 Å². The Morgan fingerprint density at radius 3 is 3.00 bits per heavy atom. The van der Waals surface area contributed by atoms with Crippen molar-refractivity contribution in [3.63, 3.8) is 0 Å². The van der Waals surface area contributed by atoms with Gasteiger partial charge < -0.3 is 10.2 Å². The van der Waals surface area contributed by atoms with Gasteiger partial charge in [0, 0.05) is 30.1 Å². The summed E-state index contributed by atoms with van der Waals surface area (Å²) in [7, 11) is 0. The molecule has 1 aliphatic heterocycles. The number of hydrogen-bond acceptors (Lipinski definition) is 3. The number of carbonyl (C=O) groups is 1. The summed E-state index contributed by atoms with van der Waals surface area (Å²) >= 11 is 1.96. The van der Waals surface area contributed by atoms with Gasteiger partial charge in [0.25, 0.3) is 0 Å². The molecule has 1 N–H and O–H groups in total. The largest absolute Gasteiger partial charge is 0.341 e. The van der Waals surface area contributed by atoms with Crippen LogP contribution in [-0.4, -0.2) is 47.5 Å². The highest BCUT2D eigenvalue weighted by Gasteiger charge is 2.25. The predicted molar refractivity (Wildman–Crippen MR) is 70.8 cm³/mol. The van der Waals surface area contributed by atoms with Gasteiger partial charge >= 0.3 is 0 Å². The first-order valence-corrected chi connectivity index (χ1v) is 6.77. The van der Waals surface area contributed by atoms with E-state index in [1.807, 2.05) is 16.7 Å². The van der Waals surface area contributed by atoms with Gasteiger partial charge in [-0.3, -0.25) is 4.79 Å². The Bertz CT molecular complexity index is 253. The van der Waals surface area contributed by atoms with E-state index >= 15 is 0 Å². The Kier molecular flexibility index (Phi) is 5.35. The molecule has 92 valence electrons. The molecule has 0 aromatic heterocycles. The van der Waals surface area contributed by atoms with Crippen LogP contribution in [0, 0.1) is 0 Å². The van der Waals surface area contributed by atoms with Crippen molar-refractivity contribution >= 4 is 17.7 Å².